The Hall–Kier alpha value is -1.27. The van der Waals surface area contributed by atoms with Crippen molar-refractivity contribution in [2.75, 3.05) is 25.7 Å². The Morgan fingerprint density at radius 2 is 1.85 bits per heavy atom. The van der Waals surface area contributed by atoms with E-state index in [9.17, 15) is 8.42 Å². The summed E-state index contributed by atoms with van der Waals surface area (Å²) in [5, 5.41) is 3.20. The minimum Gasteiger partial charge on any atom is -0.493 e. The first-order valence-corrected chi connectivity index (χ1v) is 8.38. The third-order valence-corrected chi connectivity index (χ3v) is 4.93. The van der Waals surface area contributed by atoms with Crippen LogP contribution in [0.25, 0.3) is 0 Å². The van der Waals surface area contributed by atoms with Crippen molar-refractivity contribution >= 4 is 9.84 Å². The van der Waals surface area contributed by atoms with E-state index in [1.54, 1.807) is 21.1 Å². The van der Waals surface area contributed by atoms with Gasteiger partial charge in [0.15, 0.2) is 21.3 Å². The van der Waals surface area contributed by atoms with E-state index in [1.807, 2.05) is 25.1 Å². The molecule has 1 aromatic rings. The SMILES string of the molecule is CCS(=O)(=O)CC(C)NCc1ccc(OC)c(OC)c1. The summed E-state index contributed by atoms with van der Waals surface area (Å²) >= 11 is 0. The van der Waals surface area contributed by atoms with Gasteiger partial charge in [0, 0.05) is 18.3 Å². The number of benzene rings is 1. The predicted molar refractivity (Wildman–Crippen MR) is 80.2 cm³/mol. The molecule has 1 rings (SSSR count). The predicted octanol–water partition coefficient (Wildman–Crippen LogP) is 1.62. The van der Waals surface area contributed by atoms with Crippen LogP contribution in [0.1, 0.15) is 19.4 Å². The molecule has 1 atom stereocenters. The Morgan fingerprint density at radius 3 is 2.40 bits per heavy atom. The number of hydrogen-bond acceptors (Lipinski definition) is 5. The van der Waals surface area contributed by atoms with E-state index in [0.717, 1.165) is 5.56 Å². The maximum absolute atomic E-state index is 11.5. The summed E-state index contributed by atoms with van der Waals surface area (Å²) in [5.74, 6) is 1.67. The summed E-state index contributed by atoms with van der Waals surface area (Å²) in [6, 6.07) is 5.55. The molecule has 0 radical (unpaired) electrons. The fraction of sp³-hybridized carbons (Fsp3) is 0.571. The molecule has 0 saturated heterocycles. The van der Waals surface area contributed by atoms with E-state index < -0.39 is 9.84 Å². The smallest absolute Gasteiger partial charge is 0.161 e. The Labute approximate surface area is 121 Å². The van der Waals surface area contributed by atoms with Crippen LogP contribution in [-0.2, 0) is 16.4 Å². The third-order valence-electron chi connectivity index (χ3n) is 3.05. The van der Waals surface area contributed by atoms with Crippen LogP contribution in [0.5, 0.6) is 11.5 Å². The summed E-state index contributed by atoms with van der Waals surface area (Å²) in [4.78, 5) is 0. The molecule has 0 amide bonds. The average Bonchev–Trinajstić information content (AvgIpc) is 2.44. The highest BCUT2D eigenvalue weighted by molar-refractivity contribution is 7.91. The zero-order valence-electron chi connectivity index (χ0n) is 12.5. The van der Waals surface area contributed by atoms with Crippen LogP contribution < -0.4 is 14.8 Å². The van der Waals surface area contributed by atoms with Crippen LogP contribution in [0.15, 0.2) is 18.2 Å². The molecule has 1 N–H and O–H groups in total. The number of hydrogen-bond donors (Lipinski definition) is 1. The molecule has 6 heteroatoms. The number of methoxy groups -OCH3 is 2. The van der Waals surface area contributed by atoms with Gasteiger partial charge in [-0.05, 0) is 24.6 Å². The molecule has 1 unspecified atom stereocenters. The van der Waals surface area contributed by atoms with Gasteiger partial charge in [-0.2, -0.15) is 0 Å². The minimum atomic E-state index is -2.95. The molecule has 0 aliphatic rings. The van der Waals surface area contributed by atoms with Crippen molar-refractivity contribution < 1.29 is 17.9 Å². The molecule has 5 nitrogen and oxygen atoms in total. The third kappa shape index (κ3) is 5.02. The van der Waals surface area contributed by atoms with E-state index in [2.05, 4.69) is 5.32 Å². The Kier molecular flexibility index (Phi) is 6.29. The van der Waals surface area contributed by atoms with Crippen LogP contribution in [-0.4, -0.2) is 40.2 Å². The fourth-order valence-corrected chi connectivity index (χ4v) is 2.96. The molecule has 0 saturated carbocycles. The minimum absolute atomic E-state index is 0.0898. The second-order valence-electron chi connectivity index (χ2n) is 4.67. The standard InChI is InChI=1S/C14H23NO4S/c1-5-20(16,17)10-11(2)15-9-12-6-7-13(18-3)14(8-12)19-4/h6-8,11,15H,5,9-10H2,1-4H3. The lowest BCUT2D eigenvalue weighted by Crippen LogP contribution is -2.33. The van der Waals surface area contributed by atoms with Gasteiger partial charge < -0.3 is 14.8 Å². The van der Waals surface area contributed by atoms with Crippen molar-refractivity contribution in [2.24, 2.45) is 0 Å². The lowest BCUT2D eigenvalue weighted by molar-refractivity contribution is 0.354. The molecule has 0 aliphatic carbocycles. The van der Waals surface area contributed by atoms with E-state index in [1.165, 1.54) is 0 Å². The van der Waals surface area contributed by atoms with Gasteiger partial charge in [-0.3, -0.25) is 0 Å². The number of ether oxygens (including phenoxy) is 2. The zero-order valence-corrected chi connectivity index (χ0v) is 13.3. The highest BCUT2D eigenvalue weighted by Gasteiger charge is 2.13. The molecular weight excluding hydrogens is 278 g/mol. The number of sulfone groups is 1. The van der Waals surface area contributed by atoms with Crippen LogP contribution in [0, 0.1) is 0 Å². The maximum Gasteiger partial charge on any atom is 0.161 e. The summed E-state index contributed by atoms with van der Waals surface area (Å²) < 4.78 is 33.5. The summed E-state index contributed by atoms with van der Waals surface area (Å²) in [6.07, 6.45) is 0. The molecule has 0 heterocycles. The van der Waals surface area contributed by atoms with Gasteiger partial charge in [0.05, 0.1) is 20.0 Å². The van der Waals surface area contributed by atoms with Crippen LogP contribution in [0.2, 0.25) is 0 Å². The largest absolute Gasteiger partial charge is 0.493 e. The molecular formula is C14H23NO4S. The van der Waals surface area contributed by atoms with Gasteiger partial charge in [0.2, 0.25) is 0 Å². The van der Waals surface area contributed by atoms with Gasteiger partial charge in [-0.15, -0.1) is 0 Å². The van der Waals surface area contributed by atoms with E-state index >= 15 is 0 Å². The molecule has 20 heavy (non-hydrogen) atoms. The van der Waals surface area contributed by atoms with Crippen molar-refractivity contribution in [3.05, 3.63) is 23.8 Å². The van der Waals surface area contributed by atoms with Gasteiger partial charge in [0.25, 0.3) is 0 Å². The maximum atomic E-state index is 11.5. The van der Waals surface area contributed by atoms with Crippen molar-refractivity contribution in [2.45, 2.75) is 26.4 Å². The van der Waals surface area contributed by atoms with Gasteiger partial charge in [-0.1, -0.05) is 13.0 Å². The lowest BCUT2D eigenvalue weighted by atomic mass is 10.2. The Morgan fingerprint density at radius 1 is 1.20 bits per heavy atom. The molecule has 0 aromatic heterocycles. The first-order valence-electron chi connectivity index (χ1n) is 6.56. The summed E-state index contributed by atoms with van der Waals surface area (Å²) in [7, 11) is 0.226. The van der Waals surface area contributed by atoms with Crippen molar-refractivity contribution in [3.63, 3.8) is 0 Å². The highest BCUT2D eigenvalue weighted by Crippen LogP contribution is 2.27. The number of rotatable bonds is 8. The monoisotopic (exact) mass is 301 g/mol. The quantitative estimate of drug-likeness (QED) is 0.790. The summed E-state index contributed by atoms with van der Waals surface area (Å²) in [5.41, 5.74) is 1.02. The van der Waals surface area contributed by atoms with Gasteiger partial charge in [-0.25, -0.2) is 8.42 Å². The van der Waals surface area contributed by atoms with Crippen molar-refractivity contribution in [1.29, 1.82) is 0 Å². The molecule has 0 spiro atoms. The van der Waals surface area contributed by atoms with Crippen LogP contribution >= 0.6 is 0 Å². The van der Waals surface area contributed by atoms with E-state index in [-0.39, 0.29) is 17.5 Å². The molecule has 1 aromatic carbocycles. The second-order valence-corrected chi connectivity index (χ2v) is 7.07. The van der Waals surface area contributed by atoms with Crippen molar-refractivity contribution in [3.8, 4) is 11.5 Å². The first kappa shape index (κ1) is 16.8. The molecule has 0 aliphatic heterocycles. The Balaban J connectivity index is 2.62. The topological polar surface area (TPSA) is 64.6 Å². The Bertz CT molecular complexity index is 528. The summed E-state index contributed by atoms with van der Waals surface area (Å²) in [6.45, 7) is 4.12. The molecule has 0 fully saturated rings. The number of nitrogens with one attached hydrogen (secondary N) is 1. The average molecular weight is 301 g/mol. The van der Waals surface area contributed by atoms with Crippen molar-refractivity contribution in [1.82, 2.24) is 5.32 Å². The first-order chi connectivity index (χ1) is 9.41. The second kappa shape index (κ2) is 7.50. The van der Waals surface area contributed by atoms with E-state index in [0.29, 0.717) is 18.0 Å². The van der Waals surface area contributed by atoms with Gasteiger partial charge in [0.1, 0.15) is 0 Å². The molecule has 0 bridgehead atoms. The highest BCUT2D eigenvalue weighted by atomic mass is 32.2. The van der Waals surface area contributed by atoms with Crippen LogP contribution in [0.4, 0.5) is 0 Å². The van der Waals surface area contributed by atoms with E-state index in [4.69, 9.17) is 9.47 Å². The lowest BCUT2D eigenvalue weighted by Gasteiger charge is -2.15. The zero-order chi connectivity index (χ0) is 15.2. The molecule has 114 valence electrons. The van der Waals surface area contributed by atoms with Gasteiger partial charge >= 0.3 is 0 Å². The fourth-order valence-electron chi connectivity index (χ4n) is 1.84. The van der Waals surface area contributed by atoms with Crippen LogP contribution in [0.3, 0.4) is 0 Å². The normalized spacial score (nSPS) is 13.0.